The summed E-state index contributed by atoms with van der Waals surface area (Å²) in [4.78, 5) is 42.5. The summed E-state index contributed by atoms with van der Waals surface area (Å²) >= 11 is 0. The minimum Gasteiger partial charge on any atom is -0.324 e. The van der Waals surface area contributed by atoms with Gasteiger partial charge in [0.25, 0.3) is 11.8 Å². The first-order chi connectivity index (χ1) is 13.4. The van der Waals surface area contributed by atoms with Gasteiger partial charge in [-0.1, -0.05) is 29.3 Å². The molecule has 0 radical (unpaired) electrons. The van der Waals surface area contributed by atoms with Gasteiger partial charge in [-0.2, -0.15) is 5.10 Å². The average molecular weight is 375 g/mol. The summed E-state index contributed by atoms with van der Waals surface area (Å²) in [6.07, 6.45) is 1.37. The van der Waals surface area contributed by atoms with E-state index in [1.807, 2.05) is 32.0 Å². The van der Waals surface area contributed by atoms with E-state index in [1.165, 1.54) is 18.3 Å². The molecule has 7 heteroatoms. The largest absolute Gasteiger partial charge is 0.367 e. The van der Waals surface area contributed by atoms with Crippen LogP contribution < -0.4 is 0 Å². The second-order valence-corrected chi connectivity index (χ2v) is 6.67. The molecule has 4 rings (SSSR count). The van der Waals surface area contributed by atoms with E-state index >= 15 is 0 Å². The number of benzene rings is 2. The minimum absolute atomic E-state index is 0.178. The summed E-state index contributed by atoms with van der Waals surface area (Å²) in [5.41, 5.74) is 4.05. The Morgan fingerprint density at radius 1 is 0.964 bits per heavy atom. The zero-order chi connectivity index (χ0) is 20.0. The van der Waals surface area contributed by atoms with Crippen LogP contribution in [0.3, 0.4) is 0 Å². The predicted molar refractivity (Wildman–Crippen MR) is 100 cm³/mol. The quantitative estimate of drug-likeness (QED) is 0.657. The van der Waals surface area contributed by atoms with Crippen molar-refractivity contribution in [3.63, 3.8) is 0 Å². The molecule has 1 aliphatic heterocycles. The van der Waals surface area contributed by atoms with Crippen LogP contribution in [0.4, 0.5) is 0 Å². The van der Waals surface area contributed by atoms with Gasteiger partial charge >= 0.3 is 5.97 Å². The molecule has 2 heterocycles. The third-order valence-corrected chi connectivity index (χ3v) is 4.75. The first-order valence-corrected chi connectivity index (χ1v) is 8.71. The predicted octanol–water partition coefficient (Wildman–Crippen LogP) is 3.17. The van der Waals surface area contributed by atoms with E-state index < -0.39 is 17.8 Å². The van der Waals surface area contributed by atoms with E-state index in [0.29, 0.717) is 10.8 Å². The Balaban J connectivity index is 1.62. The van der Waals surface area contributed by atoms with Crippen molar-refractivity contribution in [1.29, 1.82) is 0 Å². The van der Waals surface area contributed by atoms with Gasteiger partial charge in [-0.3, -0.25) is 9.59 Å². The lowest BCUT2D eigenvalue weighted by molar-refractivity contribution is -0.0585. The molecule has 3 aromatic rings. The second kappa shape index (κ2) is 6.45. The van der Waals surface area contributed by atoms with Gasteiger partial charge in [0, 0.05) is 0 Å². The molecular weight excluding hydrogens is 358 g/mol. The number of carbonyl (C=O) groups excluding carboxylic acids is 3. The first-order valence-electron chi connectivity index (χ1n) is 8.71. The summed E-state index contributed by atoms with van der Waals surface area (Å²) < 4.78 is 1.64. The highest BCUT2D eigenvalue weighted by Gasteiger charge is 2.39. The van der Waals surface area contributed by atoms with Gasteiger partial charge in [-0.15, -0.1) is 0 Å². The SMILES string of the molecule is Cc1ccc(C)c(-n2ncc(C(=O)ON3C(=O)c4ccccc4C3=O)c2C)c1. The standard InChI is InChI=1S/C21H17N3O4/c1-12-8-9-13(2)18(10-12)23-14(3)17(11-22-23)21(27)28-24-19(25)15-6-4-5-7-16(15)20(24)26/h4-11H,1-3H3. The molecule has 0 aliphatic carbocycles. The summed E-state index contributed by atoms with van der Waals surface area (Å²) in [6, 6.07) is 12.3. The van der Waals surface area contributed by atoms with Crippen molar-refractivity contribution in [2.45, 2.75) is 20.8 Å². The Labute approximate surface area is 161 Å². The molecule has 0 unspecified atom stereocenters. The molecule has 0 spiro atoms. The van der Waals surface area contributed by atoms with Gasteiger partial charge in [0.05, 0.1) is 28.7 Å². The molecule has 2 amide bonds. The first kappa shape index (κ1) is 17.7. The van der Waals surface area contributed by atoms with Crippen LogP contribution in [-0.4, -0.2) is 32.6 Å². The number of hydroxylamine groups is 2. The molecule has 140 valence electrons. The normalized spacial score (nSPS) is 13.0. The number of rotatable bonds is 3. The molecule has 0 bridgehead atoms. The van der Waals surface area contributed by atoms with Crippen molar-refractivity contribution in [3.05, 3.63) is 82.2 Å². The molecular formula is C21H17N3O4. The number of aryl methyl sites for hydroxylation is 2. The zero-order valence-corrected chi connectivity index (χ0v) is 15.6. The number of nitrogens with zero attached hydrogens (tertiary/aromatic N) is 3. The summed E-state index contributed by atoms with van der Waals surface area (Å²) in [7, 11) is 0. The van der Waals surface area contributed by atoms with Gasteiger partial charge in [0.1, 0.15) is 5.56 Å². The van der Waals surface area contributed by atoms with Gasteiger partial charge in [0.15, 0.2) is 0 Å². The van der Waals surface area contributed by atoms with Gasteiger partial charge < -0.3 is 4.84 Å². The van der Waals surface area contributed by atoms with Crippen molar-refractivity contribution in [3.8, 4) is 5.69 Å². The molecule has 7 nitrogen and oxygen atoms in total. The highest BCUT2D eigenvalue weighted by Crippen LogP contribution is 2.24. The molecule has 0 atom stereocenters. The molecule has 2 aromatic carbocycles. The molecule has 0 N–H and O–H groups in total. The van der Waals surface area contributed by atoms with Crippen molar-refractivity contribution in [2.75, 3.05) is 0 Å². The fraction of sp³-hybridized carbons (Fsp3) is 0.143. The fourth-order valence-corrected chi connectivity index (χ4v) is 3.18. The molecule has 28 heavy (non-hydrogen) atoms. The second-order valence-electron chi connectivity index (χ2n) is 6.67. The fourth-order valence-electron chi connectivity index (χ4n) is 3.18. The van der Waals surface area contributed by atoms with Crippen LogP contribution >= 0.6 is 0 Å². The zero-order valence-electron chi connectivity index (χ0n) is 15.6. The third-order valence-electron chi connectivity index (χ3n) is 4.75. The Morgan fingerprint density at radius 2 is 1.61 bits per heavy atom. The Hall–Kier alpha value is -3.74. The number of hydrogen-bond acceptors (Lipinski definition) is 5. The number of fused-ring (bicyclic) bond motifs is 1. The van der Waals surface area contributed by atoms with Crippen LogP contribution in [0.5, 0.6) is 0 Å². The maximum absolute atomic E-state index is 12.6. The minimum atomic E-state index is -0.816. The van der Waals surface area contributed by atoms with E-state index in [4.69, 9.17) is 4.84 Å². The molecule has 1 aromatic heterocycles. The van der Waals surface area contributed by atoms with Crippen LogP contribution in [0.1, 0.15) is 47.9 Å². The van der Waals surface area contributed by atoms with Crippen molar-refractivity contribution in [2.24, 2.45) is 0 Å². The number of amides is 2. The summed E-state index contributed by atoms with van der Waals surface area (Å²) in [6.45, 7) is 5.65. The van der Waals surface area contributed by atoms with Crippen LogP contribution in [0.2, 0.25) is 0 Å². The van der Waals surface area contributed by atoms with Crippen molar-refractivity contribution in [1.82, 2.24) is 14.8 Å². The Kier molecular flexibility index (Phi) is 4.07. The van der Waals surface area contributed by atoms with E-state index in [2.05, 4.69) is 5.10 Å². The summed E-state index contributed by atoms with van der Waals surface area (Å²) in [5, 5.41) is 4.79. The average Bonchev–Trinajstić information content (AvgIpc) is 3.17. The van der Waals surface area contributed by atoms with Crippen LogP contribution in [-0.2, 0) is 4.84 Å². The van der Waals surface area contributed by atoms with E-state index in [9.17, 15) is 14.4 Å². The molecule has 0 saturated heterocycles. The van der Waals surface area contributed by atoms with Crippen LogP contribution in [0.15, 0.2) is 48.7 Å². The lowest BCUT2D eigenvalue weighted by Gasteiger charge is -2.13. The maximum Gasteiger partial charge on any atom is 0.367 e. The van der Waals surface area contributed by atoms with Crippen LogP contribution in [0.25, 0.3) is 5.69 Å². The van der Waals surface area contributed by atoms with E-state index in [-0.39, 0.29) is 16.7 Å². The highest BCUT2D eigenvalue weighted by atomic mass is 16.7. The number of hydrogen-bond donors (Lipinski definition) is 0. The maximum atomic E-state index is 12.6. The van der Waals surface area contributed by atoms with E-state index in [0.717, 1.165) is 16.8 Å². The van der Waals surface area contributed by atoms with Crippen molar-refractivity contribution >= 4 is 17.8 Å². The molecule has 1 aliphatic rings. The van der Waals surface area contributed by atoms with E-state index in [1.54, 1.807) is 23.7 Å². The van der Waals surface area contributed by atoms with Crippen LogP contribution in [0, 0.1) is 20.8 Å². The lowest BCUT2D eigenvalue weighted by Crippen LogP contribution is -2.32. The highest BCUT2D eigenvalue weighted by molar-refractivity contribution is 6.21. The summed E-state index contributed by atoms with van der Waals surface area (Å²) in [5.74, 6) is -2.13. The number of carbonyl (C=O) groups is 3. The third kappa shape index (κ3) is 2.68. The monoisotopic (exact) mass is 375 g/mol. The number of imide groups is 1. The number of aromatic nitrogens is 2. The smallest absolute Gasteiger partial charge is 0.324 e. The van der Waals surface area contributed by atoms with Gasteiger partial charge in [-0.25, -0.2) is 9.48 Å². The molecule has 0 saturated carbocycles. The van der Waals surface area contributed by atoms with Crippen molar-refractivity contribution < 1.29 is 19.2 Å². The Morgan fingerprint density at radius 3 is 2.25 bits per heavy atom. The topological polar surface area (TPSA) is 81.5 Å². The van der Waals surface area contributed by atoms with Gasteiger partial charge in [0.2, 0.25) is 0 Å². The molecule has 0 fully saturated rings. The Bertz CT molecular complexity index is 1110. The van der Waals surface area contributed by atoms with Gasteiger partial charge in [-0.05, 0) is 50.1 Å². The lowest BCUT2D eigenvalue weighted by atomic mass is 10.1.